The maximum Gasteiger partial charge on any atom is 0.128 e. The average molecular weight is 222 g/mol. The SMILES string of the molecule is Cc1nc(C(N)c2ccccc2F)cs1. The third-order valence-electron chi connectivity index (χ3n) is 2.20. The Morgan fingerprint density at radius 1 is 1.40 bits per heavy atom. The Bertz CT molecular complexity index is 467. The van der Waals surface area contributed by atoms with Crippen LogP contribution >= 0.6 is 11.3 Å². The minimum Gasteiger partial charge on any atom is -0.319 e. The fraction of sp³-hybridized carbons (Fsp3) is 0.182. The van der Waals surface area contributed by atoms with E-state index in [1.165, 1.54) is 17.4 Å². The number of hydrogen-bond acceptors (Lipinski definition) is 3. The van der Waals surface area contributed by atoms with E-state index in [9.17, 15) is 4.39 Å². The zero-order valence-corrected chi connectivity index (χ0v) is 9.09. The second-order valence-electron chi connectivity index (χ2n) is 3.29. The Morgan fingerprint density at radius 2 is 2.13 bits per heavy atom. The average Bonchev–Trinajstić information content (AvgIpc) is 2.65. The standard InChI is InChI=1S/C11H11FN2S/c1-7-14-10(6-15-7)11(13)8-4-2-3-5-9(8)12/h2-6,11H,13H2,1H3. The van der Waals surface area contributed by atoms with Gasteiger partial charge in [0.1, 0.15) is 5.82 Å². The monoisotopic (exact) mass is 222 g/mol. The van der Waals surface area contributed by atoms with Crippen molar-refractivity contribution in [1.29, 1.82) is 0 Å². The first-order chi connectivity index (χ1) is 7.18. The molecule has 2 nitrogen and oxygen atoms in total. The molecular formula is C11H11FN2S. The van der Waals surface area contributed by atoms with Crippen LogP contribution in [0.15, 0.2) is 29.6 Å². The third-order valence-corrected chi connectivity index (χ3v) is 2.99. The molecule has 1 unspecified atom stereocenters. The molecule has 0 bridgehead atoms. The minimum absolute atomic E-state index is 0.282. The van der Waals surface area contributed by atoms with Crippen LogP contribution in [0.5, 0.6) is 0 Å². The lowest BCUT2D eigenvalue weighted by Crippen LogP contribution is -2.13. The van der Waals surface area contributed by atoms with Gasteiger partial charge < -0.3 is 5.73 Å². The summed E-state index contributed by atoms with van der Waals surface area (Å²) in [6.45, 7) is 1.90. The van der Waals surface area contributed by atoms with Gasteiger partial charge in [0.2, 0.25) is 0 Å². The number of benzene rings is 1. The van der Waals surface area contributed by atoms with Crippen LogP contribution in [0, 0.1) is 12.7 Å². The van der Waals surface area contributed by atoms with Crippen LogP contribution in [0.25, 0.3) is 0 Å². The molecule has 0 aliphatic carbocycles. The molecule has 0 amide bonds. The van der Waals surface area contributed by atoms with Gasteiger partial charge in [0, 0.05) is 10.9 Å². The Morgan fingerprint density at radius 3 is 2.73 bits per heavy atom. The van der Waals surface area contributed by atoms with E-state index in [4.69, 9.17) is 5.73 Å². The number of aryl methyl sites for hydroxylation is 1. The summed E-state index contributed by atoms with van der Waals surface area (Å²) in [7, 11) is 0. The Labute approximate surface area is 91.6 Å². The van der Waals surface area contributed by atoms with Crippen molar-refractivity contribution in [2.24, 2.45) is 5.73 Å². The predicted octanol–water partition coefficient (Wildman–Crippen LogP) is 2.64. The number of nitrogens with two attached hydrogens (primary N) is 1. The molecule has 0 fully saturated rings. The van der Waals surface area contributed by atoms with Crippen LogP contribution in [-0.2, 0) is 0 Å². The molecule has 0 saturated carbocycles. The smallest absolute Gasteiger partial charge is 0.128 e. The van der Waals surface area contributed by atoms with E-state index in [1.807, 2.05) is 12.3 Å². The zero-order chi connectivity index (χ0) is 10.8. The van der Waals surface area contributed by atoms with Crippen molar-refractivity contribution in [3.63, 3.8) is 0 Å². The Hall–Kier alpha value is -1.26. The lowest BCUT2D eigenvalue weighted by molar-refractivity contribution is 0.597. The number of halogens is 1. The van der Waals surface area contributed by atoms with Gasteiger partial charge in [-0.1, -0.05) is 18.2 Å². The van der Waals surface area contributed by atoms with Crippen LogP contribution < -0.4 is 5.73 Å². The molecule has 2 N–H and O–H groups in total. The summed E-state index contributed by atoms with van der Waals surface area (Å²) >= 11 is 1.52. The number of nitrogens with zero attached hydrogens (tertiary/aromatic N) is 1. The molecule has 2 rings (SSSR count). The van der Waals surface area contributed by atoms with Crippen LogP contribution in [-0.4, -0.2) is 4.98 Å². The molecule has 0 aliphatic heterocycles. The zero-order valence-electron chi connectivity index (χ0n) is 8.27. The number of aromatic nitrogens is 1. The van der Waals surface area contributed by atoms with Crippen molar-refractivity contribution in [1.82, 2.24) is 4.98 Å². The molecular weight excluding hydrogens is 211 g/mol. The molecule has 1 atom stereocenters. The summed E-state index contributed by atoms with van der Waals surface area (Å²) in [4.78, 5) is 4.25. The van der Waals surface area contributed by atoms with Crippen molar-refractivity contribution in [2.75, 3.05) is 0 Å². The maximum absolute atomic E-state index is 13.4. The van der Waals surface area contributed by atoms with Gasteiger partial charge in [0.05, 0.1) is 16.7 Å². The van der Waals surface area contributed by atoms with E-state index in [2.05, 4.69) is 4.98 Å². The van der Waals surface area contributed by atoms with E-state index in [-0.39, 0.29) is 5.82 Å². The molecule has 4 heteroatoms. The fourth-order valence-electron chi connectivity index (χ4n) is 1.41. The van der Waals surface area contributed by atoms with E-state index in [0.717, 1.165) is 10.7 Å². The van der Waals surface area contributed by atoms with E-state index < -0.39 is 6.04 Å². The van der Waals surface area contributed by atoms with Gasteiger partial charge >= 0.3 is 0 Å². The Balaban J connectivity index is 2.36. The summed E-state index contributed by atoms with van der Waals surface area (Å²) in [6.07, 6.45) is 0. The quantitative estimate of drug-likeness (QED) is 0.848. The first-order valence-corrected chi connectivity index (χ1v) is 5.48. The summed E-state index contributed by atoms with van der Waals surface area (Å²) in [6, 6.07) is 6.05. The highest BCUT2D eigenvalue weighted by atomic mass is 32.1. The topological polar surface area (TPSA) is 38.9 Å². The fourth-order valence-corrected chi connectivity index (χ4v) is 2.06. The molecule has 2 aromatic rings. The normalized spacial score (nSPS) is 12.7. The highest BCUT2D eigenvalue weighted by molar-refractivity contribution is 7.09. The summed E-state index contributed by atoms with van der Waals surface area (Å²) < 4.78 is 13.4. The minimum atomic E-state index is -0.476. The molecule has 78 valence electrons. The third kappa shape index (κ3) is 2.06. The molecule has 15 heavy (non-hydrogen) atoms. The molecule has 0 radical (unpaired) electrons. The molecule has 0 aliphatic rings. The van der Waals surface area contributed by atoms with Crippen LogP contribution in [0.3, 0.4) is 0 Å². The molecule has 1 aromatic heterocycles. The lowest BCUT2D eigenvalue weighted by atomic mass is 10.1. The van der Waals surface area contributed by atoms with E-state index in [0.29, 0.717) is 5.56 Å². The first-order valence-electron chi connectivity index (χ1n) is 4.60. The van der Waals surface area contributed by atoms with Crippen molar-refractivity contribution >= 4 is 11.3 Å². The van der Waals surface area contributed by atoms with Crippen LogP contribution in [0.2, 0.25) is 0 Å². The van der Waals surface area contributed by atoms with Gasteiger partial charge in [-0.05, 0) is 13.0 Å². The van der Waals surface area contributed by atoms with Crippen molar-refractivity contribution in [2.45, 2.75) is 13.0 Å². The van der Waals surface area contributed by atoms with Gasteiger partial charge in [-0.2, -0.15) is 0 Å². The number of thiazole rings is 1. The van der Waals surface area contributed by atoms with Gasteiger partial charge in [-0.15, -0.1) is 11.3 Å². The van der Waals surface area contributed by atoms with Gasteiger partial charge in [0.25, 0.3) is 0 Å². The molecule has 1 aromatic carbocycles. The van der Waals surface area contributed by atoms with Gasteiger partial charge in [0.15, 0.2) is 0 Å². The van der Waals surface area contributed by atoms with Crippen molar-refractivity contribution in [3.05, 3.63) is 51.7 Å². The Kier molecular flexibility index (Phi) is 2.79. The van der Waals surface area contributed by atoms with Gasteiger partial charge in [-0.25, -0.2) is 9.37 Å². The summed E-state index contributed by atoms with van der Waals surface area (Å²) in [5, 5.41) is 2.81. The molecule has 0 saturated heterocycles. The number of rotatable bonds is 2. The van der Waals surface area contributed by atoms with Crippen molar-refractivity contribution < 1.29 is 4.39 Å². The van der Waals surface area contributed by atoms with Gasteiger partial charge in [-0.3, -0.25) is 0 Å². The number of hydrogen-bond donors (Lipinski definition) is 1. The largest absolute Gasteiger partial charge is 0.319 e. The van der Waals surface area contributed by atoms with Crippen LogP contribution in [0.1, 0.15) is 22.3 Å². The highest BCUT2D eigenvalue weighted by Crippen LogP contribution is 2.22. The summed E-state index contributed by atoms with van der Waals surface area (Å²) in [5.74, 6) is -0.282. The highest BCUT2D eigenvalue weighted by Gasteiger charge is 2.15. The second-order valence-corrected chi connectivity index (χ2v) is 4.35. The lowest BCUT2D eigenvalue weighted by Gasteiger charge is -2.09. The van der Waals surface area contributed by atoms with E-state index >= 15 is 0 Å². The van der Waals surface area contributed by atoms with E-state index in [1.54, 1.807) is 18.2 Å². The maximum atomic E-state index is 13.4. The first kappa shape index (κ1) is 10.3. The predicted molar refractivity (Wildman–Crippen MR) is 59.3 cm³/mol. The second kappa shape index (κ2) is 4.08. The molecule has 0 spiro atoms. The van der Waals surface area contributed by atoms with Crippen molar-refractivity contribution in [3.8, 4) is 0 Å². The summed E-state index contributed by atoms with van der Waals surface area (Å²) in [5.41, 5.74) is 7.15. The molecule has 1 heterocycles. The van der Waals surface area contributed by atoms with Crippen LogP contribution in [0.4, 0.5) is 4.39 Å².